The van der Waals surface area contributed by atoms with Crippen molar-refractivity contribution in [3.8, 4) is 11.5 Å². The maximum Gasteiger partial charge on any atom is 0.123 e. The Balaban J connectivity index is 1.88. The van der Waals surface area contributed by atoms with Crippen molar-refractivity contribution in [3.63, 3.8) is 0 Å². The van der Waals surface area contributed by atoms with Crippen LogP contribution in [0.4, 0.5) is 0 Å². The first-order valence-electron chi connectivity index (χ1n) is 15.9. The third-order valence-corrected chi connectivity index (χ3v) is 10.1. The van der Waals surface area contributed by atoms with E-state index in [0.717, 1.165) is 60.8 Å². The highest BCUT2D eigenvalue weighted by molar-refractivity contribution is 5.56. The van der Waals surface area contributed by atoms with Gasteiger partial charge in [0.05, 0.1) is 0 Å². The first-order valence-corrected chi connectivity index (χ1v) is 15.9. The van der Waals surface area contributed by atoms with Gasteiger partial charge in [-0.1, -0.05) is 115 Å². The summed E-state index contributed by atoms with van der Waals surface area (Å²) in [4.78, 5) is 0. The molecular formula is C37H56O2. The van der Waals surface area contributed by atoms with Gasteiger partial charge in [0.15, 0.2) is 0 Å². The Labute approximate surface area is 239 Å². The van der Waals surface area contributed by atoms with Crippen LogP contribution in [0.1, 0.15) is 158 Å². The van der Waals surface area contributed by atoms with E-state index in [1.807, 2.05) is 0 Å². The van der Waals surface area contributed by atoms with E-state index >= 15 is 0 Å². The molecule has 2 saturated carbocycles. The van der Waals surface area contributed by atoms with Gasteiger partial charge in [-0.25, -0.2) is 0 Å². The van der Waals surface area contributed by atoms with Crippen molar-refractivity contribution in [1.82, 2.24) is 0 Å². The van der Waals surface area contributed by atoms with Crippen molar-refractivity contribution in [2.45, 2.75) is 149 Å². The number of aryl methyl sites for hydroxylation is 2. The van der Waals surface area contributed by atoms with Gasteiger partial charge in [0.25, 0.3) is 0 Å². The molecule has 2 N–H and O–H groups in total. The number of phenols is 2. The van der Waals surface area contributed by atoms with Gasteiger partial charge in [-0.05, 0) is 74.5 Å². The first kappa shape index (κ1) is 30.0. The molecule has 0 amide bonds. The quantitative estimate of drug-likeness (QED) is 0.372. The summed E-state index contributed by atoms with van der Waals surface area (Å²) in [6, 6.07) is 8.90. The Hall–Kier alpha value is -1.96. The zero-order chi connectivity index (χ0) is 28.6. The van der Waals surface area contributed by atoms with Crippen molar-refractivity contribution < 1.29 is 10.2 Å². The summed E-state index contributed by atoms with van der Waals surface area (Å²) in [6.45, 7) is 18.4. The van der Waals surface area contributed by atoms with Gasteiger partial charge in [-0.3, -0.25) is 0 Å². The Bertz CT molecular complexity index is 1060. The molecule has 0 radical (unpaired) electrons. The van der Waals surface area contributed by atoms with Gasteiger partial charge in [-0.15, -0.1) is 0 Å². The van der Waals surface area contributed by atoms with E-state index in [4.69, 9.17) is 0 Å². The van der Waals surface area contributed by atoms with Crippen LogP contribution in [0.3, 0.4) is 0 Å². The molecule has 0 aromatic heterocycles. The van der Waals surface area contributed by atoms with E-state index in [0.29, 0.717) is 17.4 Å². The smallest absolute Gasteiger partial charge is 0.123 e. The summed E-state index contributed by atoms with van der Waals surface area (Å²) >= 11 is 0. The van der Waals surface area contributed by atoms with E-state index in [9.17, 15) is 10.2 Å². The summed E-state index contributed by atoms with van der Waals surface area (Å²) in [7, 11) is 0. The standard InChI is InChI=1S/C37H56O2/c1-25-19-29(33(38)31(22-25)36(7)15-11-9-12-16-36)28(21-27(3)24-35(4,5)6)30-20-26(2)23-32(34(30)39)37(8)17-13-10-14-18-37/h19-20,22-23,27-28,38-39H,9-18,21,24H2,1-8H3. The predicted octanol–water partition coefficient (Wildman–Crippen LogP) is 10.8. The molecule has 4 rings (SSSR count). The maximum absolute atomic E-state index is 12.1. The van der Waals surface area contributed by atoms with E-state index in [-0.39, 0.29) is 22.2 Å². The molecule has 0 spiro atoms. The molecule has 2 nitrogen and oxygen atoms in total. The minimum atomic E-state index is -0.0426. The molecule has 1 unspecified atom stereocenters. The number of phenolic OH excluding ortho intramolecular Hbond substituents is 2. The van der Waals surface area contributed by atoms with Gasteiger partial charge in [0.1, 0.15) is 11.5 Å². The molecule has 216 valence electrons. The number of benzene rings is 2. The Kier molecular flexibility index (Phi) is 8.85. The predicted molar refractivity (Wildman–Crippen MR) is 166 cm³/mol. The fourth-order valence-corrected chi connectivity index (χ4v) is 8.22. The van der Waals surface area contributed by atoms with Gasteiger partial charge in [0, 0.05) is 28.2 Å². The van der Waals surface area contributed by atoms with Gasteiger partial charge in [-0.2, -0.15) is 0 Å². The minimum absolute atomic E-state index is 0.0140. The zero-order valence-electron chi connectivity index (χ0n) is 26.3. The molecule has 0 saturated heterocycles. The van der Waals surface area contributed by atoms with Crippen molar-refractivity contribution in [2.75, 3.05) is 0 Å². The molecule has 2 aromatic rings. The van der Waals surface area contributed by atoms with Gasteiger partial charge < -0.3 is 10.2 Å². The van der Waals surface area contributed by atoms with Crippen LogP contribution in [-0.2, 0) is 10.8 Å². The topological polar surface area (TPSA) is 40.5 Å². The van der Waals surface area contributed by atoms with E-state index in [2.05, 4.69) is 79.7 Å². The molecule has 39 heavy (non-hydrogen) atoms. The lowest BCUT2D eigenvalue weighted by atomic mass is 9.67. The van der Waals surface area contributed by atoms with E-state index in [1.165, 1.54) is 49.7 Å². The second-order valence-corrected chi connectivity index (χ2v) is 15.4. The molecule has 2 fully saturated rings. The highest BCUT2D eigenvalue weighted by Gasteiger charge is 2.37. The minimum Gasteiger partial charge on any atom is -0.507 e. The van der Waals surface area contributed by atoms with E-state index in [1.54, 1.807) is 0 Å². The number of aromatic hydroxyl groups is 2. The van der Waals surface area contributed by atoms with Crippen LogP contribution in [-0.4, -0.2) is 10.2 Å². The average Bonchev–Trinajstić information content (AvgIpc) is 2.85. The lowest BCUT2D eigenvalue weighted by Crippen LogP contribution is -2.26. The molecule has 0 aliphatic heterocycles. The van der Waals surface area contributed by atoms with Gasteiger partial charge >= 0.3 is 0 Å². The fraction of sp³-hybridized carbons (Fsp3) is 0.676. The summed E-state index contributed by atoms with van der Waals surface area (Å²) in [6.07, 6.45) is 14.0. The third-order valence-electron chi connectivity index (χ3n) is 10.1. The van der Waals surface area contributed by atoms with Crippen LogP contribution >= 0.6 is 0 Å². The van der Waals surface area contributed by atoms with Crippen LogP contribution in [0.2, 0.25) is 0 Å². The second kappa shape index (κ2) is 11.5. The molecule has 2 aliphatic rings. The summed E-state index contributed by atoms with van der Waals surface area (Å²) in [5, 5.41) is 24.1. The van der Waals surface area contributed by atoms with Crippen LogP contribution < -0.4 is 0 Å². The van der Waals surface area contributed by atoms with Crippen LogP contribution in [0, 0.1) is 25.2 Å². The largest absolute Gasteiger partial charge is 0.507 e. The molecule has 2 heteroatoms. The lowest BCUT2D eigenvalue weighted by molar-refractivity contribution is 0.286. The average molecular weight is 533 g/mol. The number of hydrogen-bond acceptors (Lipinski definition) is 2. The SMILES string of the molecule is Cc1cc(C(CC(C)CC(C)(C)C)c2cc(C)cc(C3(C)CCCCC3)c2O)c(O)c(C2(C)CCCCC2)c1. The van der Waals surface area contributed by atoms with Crippen molar-refractivity contribution in [1.29, 1.82) is 0 Å². The van der Waals surface area contributed by atoms with Crippen molar-refractivity contribution >= 4 is 0 Å². The zero-order valence-corrected chi connectivity index (χ0v) is 26.3. The first-order chi connectivity index (χ1) is 18.2. The Morgan fingerprint density at radius 2 is 1.08 bits per heavy atom. The number of hydrogen-bond donors (Lipinski definition) is 2. The van der Waals surface area contributed by atoms with Crippen LogP contribution in [0.5, 0.6) is 11.5 Å². The fourth-order valence-electron chi connectivity index (χ4n) is 8.22. The Morgan fingerprint density at radius 3 is 1.44 bits per heavy atom. The van der Waals surface area contributed by atoms with Crippen molar-refractivity contribution in [2.24, 2.45) is 11.3 Å². The van der Waals surface area contributed by atoms with Gasteiger partial charge in [0.2, 0.25) is 0 Å². The normalized spacial score (nSPS) is 20.2. The highest BCUT2D eigenvalue weighted by Crippen LogP contribution is 2.51. The molecule has 1 atom stereocenters. The third kappa shape index (κ3) is 6.68. The van der Waals surface area contributed by atoms with Crippen LogP contribution in [0.25, 0.3) is 0 Å². The second-order valence-electron chi connectivity index (χ2n) is 15.4. The number of rotatable bonds is 7. The van der Waals surface area contributed by atoms with Crippen molar-refractivity contribution in [3.05, 3.63) is 57.6 Å². The van der Waals surface area contributed by atoms with Crippen LogP contribution in [0.15, 0.2) is 24.3 Å². The molecule has 0 bridgehead atoms. The Morgan fingerprint density at radius 1 is 0.692 bits per heavy atom. The van der Waals surface area contributed by atoms with E-state index < -0.39 is 0 Å². The molecular weight excluding hydrogens is 476 g/mol. The summed E-state index contributed by atoms with van der Waals surface area (Å²) in [5.74, 6) is 1.37. The summed E-state index contributed by atoms with van der Waals surface area (Å²) < 4.78 is 0. The maximum atomic E-state index is 12.1. The monoisotopic (exact) mass is 532 g/mol. The molecule has 2 aliphatic carbocycles. The molecule has 0 heterocycles. The molecule has 2 aromatic carbocycles. The summed E-state index contributed by atoms with van der Waals surface area (Å²) in [5.41, 5.74) is 6.95. The lowest BCUT2D eigenvalue weighted by Gasteiger charge is -2.37. The highest BCUT2D eigenvalue weighted by atomic mass is 16.3.